The molecule has 1 unspecified atom stereocenters. The number of aliphatic hydroxyl groups is 1. The Bertz CT molecular complexity index is 1270. The van der Waals surface area contributed by atoms with Crippen molar-refractivity contribution in [2.45, 2.75) is 24.9 Å². The summed E-state index contributed by atoms with van der Waals surface area (Å²) in [4.78, 5) is 52.7. The number of likely N-dealkylation sites (tertiary alicyclic amines) is 1. The largest absolute Gasteiger partial charge is 0.378 e. The van der Waals surface area contributed by atoms with Gasteiger partial charge in [-0.15, -0.1) is 11.3 Å². The number of piperidine rings is 1. The van der Waals surface area contributed by atoms with Crippen LogP contribution in [-0.4, -0.2) is 82.0 Å². The third-order valence-corrected chi connectivity index (χ3v) is 8.06. The summed E-state index contributed by atoms with van der Waals surface area (Å²) in [6, 6.07) is 14.4. The maximum Gasteiger partial charge on any atom is 0.320 e. The number of carbonyl (C=O) groups is 3. The molecule has 0 bridgehead atoms. The number of thiazole rings is 1. The highest BCUT2D eigenvalue weighted by Gasteiger charge is 2.30. The smallest absolute Gasteiger partial charge is 0.320 e. The molecular formula is C27H31N7O4S. The molecule has 3 aromatic rings. The van der Waals surface area contributed by atoms with Gasteiger partial charge in [-0.2, -0.15) is 0 Å². The maximum absolute atomic E-state index is 13.1. The normalized spacial score (nSPS) is 17.0. The van der Waals surface area contributed by atoms with Crippen molar-refractivity contribution in [1.82, 2.24) is 30.6 Å². The molecule has 2 saturated heterocycles. The van der Waals surface area contributed by atoms with Gasteiger partial charge in [-0.05, 0) is 30.5 Å². The van der Waals surface area contributed by atoms with Crippen LogP contribution in [0.5, 0.6) is 0 Å². The van der Waals surface area contributed by atoms with Crippen LogP contribution < -0.4 is 15.8 Å². The van der Waals surface area contributed by atoms with Gasteiger partial charge in [-0.3, -0.25) is 20.4 Å². The summed E-state index contributed by atoms with van der Waals surface area (Å²) in [7, 11) is 0. The van der Waals surface area contributed by atoms with Crippen molar-refractivity contribution < 1.29 is 19.5 Å². The third kappa shape index (κ3) is 6.35. The Morgan fingerprint density at radius 3 is 2.28 bits per heavy atom. The molecule has 11 nitrogen and oxygen atoms in total. The van der Waals surface area contributed by atoms with Gasteiger partial charge in [-0.1, -0.05) is 36.4 Å². The summed E-state index contributed by atoms with van der Waals surface area (Å²) >= 11 is 1.40. The van der Waals surface area contributed by atoms with E-state index in [0.29, 0.717) is 31.7 Å². The quantitative estimate of drug-likeness (QED) is 0.416. The van der Waals surface area contributed by atoms with E-state index in [2.05, 4.69) is 25.7 Å². The molecule has 12 heteroatoms. The average molecular weight is 550 g/mol. The number of aliphatic hydroxyl groups excluding tert-OH is 1. The molecule has 4 amide bonds. The number of benzene rings is 1. The number of carbonyl (C=O) groups excluding carboxylic acids is 3. The van der Waals surface area contributed by atoms with Gasteiger partial charge in [-0.25, -0.2) is 14.8 Å². The topological polar surface area (TPSA) is 131 Å². The highest BCUT2D eigenvalue weighted by molar-refractivity contribution is 7.09. The van der Waals surface area contributed by atoms with Gasteiger partial charge in [0.05, 0.1) is 5.01 Å². The van der Waals surface area contributed by atoms with Crippen molar-refractivity contribution in [2.75, 3.05) is 44.2 Å². The predicted molar refractivity (Wildman–Crippen MR) is 146 cm³/mol. The lowest BCUT2D eigenvalue weighted by Crippen LogP contribution is -2.54. The van der Waals surface area contributed by atoms with Crippen molar-refractivity contribution in [3.8, 4) is 0 Å². The van der Waals surface area contributed by atoms with Crippen LogP contribution in [0.4, 0.5) is 10.6 Å². The number of aromatic nitrogens is 2. The van der Waals surface area contributed by atoms with E-state index in [1.807, 2.05) is 28.0 Å². The Balaban J connectivity index is 1.06. The number of nitrogens with zero attached hydrogens (tertiary/aromatic N) is 5. The molecule has 5 rings (SSSR count). The molecular weight excluding hydrogens is 518 g/mol. The second-order valence-corrected chi connectivity index (χ2v) is 10.4. The molecule has 2 aliphatic heterocycles. The first-order valence-corrected chi connectivity index (χ1v) is 13.9. The standard InChI is InChI=1S/C27H31N7O4S/c35-23(19-6-2-1-3-7-19)25(37)31-30-24(36)21-18-39-26(29-21)20-9-12-33(13-10-20)27(38)34-16-14-32(15-17-34)22-8-4-5-11-28-22/h1-8,11,18,20,23,35H,9-10,12-17H2,(H,30,36)(H,31,37). The molecule has 204 valence electrons. The summed E-state index contributed by atoms with van der Waals surface area (Å²) in [5.41, 5.74) is 5.20. The number of amides is 4. The van der Waals surface area contributed by atoms with Crippen LogP contribution in [0.1, 0.15) is 45.9 Å². The van der Waals surface area contributed by atoms with Crippen LogP contribution in [0.15, 0.2) is 60.1 Å². The number of piperazine rings is 1. The van der Waals surface area contributed by atoms with Crippen molar-refractivity contribution in [3.05, 3.63) is 76.4 Å². The maximum atomic E-state index is 13.1. The van der Waals surface area contributed by atoms with Crippen LogP contribution >= 0.6 is 11.3 Å². The number of hydrogen-bond acceptors (Lipinski definition) is 8. The first-order chi connectivity index (χ1) is 19.0. The molecule has 4 heterocycles. The molecule has 2 fully saturated rings. The summed E-state index contributed by atoms with van der Waals surface area (Å²) in [5, 5.41) is 12.6. The van der Waals surface area contributed by atoms with Crippen LogP contribution in [0.3, 0.4) is 0 Å². The fraction of sp³-hybridized carbons (Fsp3) is 0.370. The minimum Gasteiger partial charge on any atom is -0.378 e. The van der Waals surface area contributed by atoms with Crippen LogP contribution in [0.25, 0.3) is 0 Å². The van der Waals surface area contributed by atoms with Crippen LogP contribution in [0.2, 0.25) is 0 Å². The molecule has 2 aromatic heterocycles. The minimum atomic E-state index is -1.39. The fourth-order valence-electron chi connectivity index (χ4n) is 4.80. The fourth-order valence-corrected chi connectivity index (χ4v) is 5.77. The Morgan fingerprint density at radius 2 is 1.59 bits per heavy atom. The third-order valence-electron chi connectivity index (χ3n) is 7.06. The Labute approximate surface area is 230 Å². The van der Waals surface area contributed by atoms with E-state index < -0.39 is 17.9 Å². The molecule has 3 N–H and O–H groups in total. The zero-order valence-electron chi connectivity index (χ0n) is 21.4. The highest BCUT2D eigenvalue weighted by atomic mass is 32.1. The Morgan fingerprint density at radius 1 is 0.897 bits per heavy atom. The van der Waals surface area contributed by atoms with E-state index in [1.165, 1.54) is 11.3 Å². The van der Waals surface area contributed by atoms with Gasteiger partial charge in [0.2, 0.25) is 0 Å². The zero-order chi connectivity index (χ0) is 27.2. The zero-order valence-corrected chi connectivity index (χ0v) is 22.2. The highest BCUT2D eigenvalue weighted by Crippen LogP contribution is 2.31. The molecule has 0 radical (unpaired) electrons. The van der Waals surface area contributed by atoms with E-state index in [4.69, 9.17) is 0 Å². The van der Waals surface area contributed by atoms with Crippen molar-refractivity contribution in [1.29, 1.82) is 0 Å². The number of anilines is 1. The number of hydrogen-bond donors (Lipinski definition) is 3. The number of urea groups is 1. The number of rotatable bonds is 5. The van der Waals surface area contributed by atoms with Crippen molar-refractivity contribution in [2.24, 2.45) is 0 Å². The number of nitrogens with one attached hydrogen (secondary N) is 2. The second kappa shape index (κ2) is 12.2. The monoisotopic (exact) mass is 549 g/mol. The molecule has 0 spiro atoms. The summed E-state index contributed by atoms with van der Waals surface area (Å²) < 4.78 is 0. The van der Waals surface area contributed by atoms with Gasteiger partial charge in [0, 0.05) is 56.8 Å². The van der Waals surface area contributed by atoms with E-state index >= 15 is 0 Å². The average Bonchev–Trinajstić information content (AvgIpc) is 3.51. The van der Waals surface area contributed by atoms with Crippen LogP contribution in [-0.2, 0) is 4.79 Å². The number of hydrazine groups is 1. The van der Waals surface area contributed by atoms with Crippen LogP contribution in [0, 0.1) is 0 Å². The molecule has 39 heavy (non-hydrogen) atoms. The SMILES string of the molecule is O=C(NNC(=O)C(O)c1ccccc1)c1csc(C2CCN(C(=O)N3CCN(c4ccccn4)CC3)CC2)n1. The molecule has 1 atom stereocenters. The number of pyridine rings is 1. The van der Waals surface area contributed by atoms with E-state index in [9.17, 15) is 19.5 Å². The van der Waals surface area contributed by atoms with Crippen molar-refractivity contribution in [3.63, 3.8) is 0 Å². The van der Waals surface area contributed by atoms with Gasteiger partial charge in [0.1, 0.15) is 11.5 Å². The minimum absolute atomic E-state index is 0.0711. The summed E-state index contributed by atoms with van der Waals surface area (Å²) in [6.07, 6.45) is 1.93. The predicted octanol–water partition coefficient (Wildman–Crippen LogP) is 2.15. The van der Waals surface area contributed by atoms with Gasteiger partial charge in [0.25, 0.3) is 11.8 Å². The molecule has 2 aliphatic rings. The lowest BCUT2D eigenvalue weighted by atomic mass is 9.98. The van der Waals surface area contributed by atoms with E-state index in [1.54, 1.807) is 41.9 Å². The Kier molecular flexibility index (Phi) is 8.33. The molecule has 1 aromatic carbocycles. The summed E-state index contributed by atoms with van der Waals surface area (Å²) in [5.74, 6) is -0.186. The lowest BCUT2D eigenvalue weighted by Gasteiger charge is -2.39. The van der Waals surface area contributed by atoms with Crippen molar-refractivity contribution >= 4 is 35.0 Å². The lowest BCUT2D eigenvalue weighted by molar-refractivity contribution is -0.130. The summed E-state index contributed by atoms with van der Waals surface area (Å²) in [6.45, 7) is 4.12. The van der Waals surface area contributed by atoms with Gasteiger partial charge < -0.3 is 19.8 Å². The van der Waals surface area contributed by atoms with Gasteiger partial charge in [0.15, 0.2) is 6.10 Å². The first kappa shape index (κ1) is 26.6. The second-order valence-electron chi connectivity index (χ2n) is 9.53. The van der Waals surface area contributed by atoms with Gasteiger partial charge >= 0.3 is 6.03 Å². The molecule has 0 aliphatic carbocycles. The molecule has 0 saturated carbocycles. The van der Waals surface area contributed by atoms with E-state index in [-0.39, 0.29) is 17.6 Å². The first-order valence-electron chi connectivity index (χ1n) is 13.0. The Hall–Kier alpha value is -4.03. The van der Waals surface area contributed by atoms with E-state index in [0.717, 1.165) is 36.8 Å².